The standard InChI is InChI=1S/C23H20BrNO5/c24-16-9-5-14(6-10-16)20(26)13-30-23(29)15-7-11-17(12-8-15)25-21(27)18-3-1-2-4-19(18)22(25)28/h1-6,9-10,15,17H,7-8,11-13H2. The number of Topliss-reactive ketones (excluding diaryl/α,β-unsaturated/α-hetero) is 1. The molecular formula is C23H20BrNO5. The second-order valence-corrected chi connectivity index (χ2v) is 8.48. The van der Waals surface area contributed by atoms with Crippen molar-refractivity contribution in [2.75, 3.05) is 6.61 Å². The van der Waals surface area contributed by atoms with Gasteiger partial charge in [-0.25, -0.2) is 0 Å². The van der Waals surface area contributed by atoms with E-state index in [4.69, 9.17) is 4.74 Å². The molecule has 0 N–H and O–H groups in total. The van der Waals surface area contributed by atoms with E-state index in [0.29, 0.717) is 42.4 Å². The van der Waals surface area contributed by atoms with E-state index in [1.54, 1.807) is 48.5 Å². The fraction of sp³-hybridized carbons (Fsp3) is 0.304. The number of carbonyl (C=O) groups is 4. The van der Waals surface area contributed by atoms with Crippen LogP contribution in [0.1, 0.15) is 56.8 Å². The summed E-state index contributed by atoms with van der Waals surface area (Å²) >= 11 is 3.31. The third kappa shape index (κ3) is 3.94. The molecule has 2 amide bonds. The summed E-state index contributed by atoms with van der Waals surface area (Å²) in [7, 11) is 0. The topological polar surface area (TPSA) is 80.8 Å². The Kier molecular flexibility index (Phi) is 5.81. The van der Waals surface area contributed by atoms with E-state index in [1.165, 1.54) is 4.90 Å². The van der Waals surface area contributed by atoms with E-state index in [1.807, 2.05) is 0 Å². The number of rotatable bonds is 5. The molecule has 0 atom stereocenters. The van der Waals surface area contributed by atoms with E-state index in [2.05, 4.69) is 15.9 Å². The molecule has 0 spiro atoms. The monoisotopic (exact) mass is 469 g/mol. The lowest BCUT2D eigenvalue weighted by Gasteiger charge is -2.32. The van der Waals surface area contributed by atoms with Gasteiger partial charge in [0.1, 0.15) is 0 Å². The number of esters is 1. The molecule has 0 aromatic heterocycles. The van der Waals surface area contributed by atoms with Crippen molar-refractivity contribution in [2.45, 2.75) is 31.7 Å². The lowest BCUT2D eigenvalue weighted by molar-refractivity contribution is -0.148. The minimum absolute atomic E-state index is 0.217. The van der Waals surface area contributed by atoms with Crippen LogP contribution in [0, 0.1) is 5.92 Å². The molecule has 1 fully saturated rings. The van der Waals surface area contributed by atoms with Crippen LogP contribution in [0.5, 0.6) is 0 Å². The van der Waals surface area contributed by atoms with Crippen LogP contribution in [0.25, 0.3) is 0 Å². The summed E-state index contributed by atoms with van der Waals surface area (Å²) < 4.78 is 6.10. The second-order valence-electron chi connectivity index (χ2n) is 7.57. The Morgan fingerprint density at radius 3 is 2.03 bits per heavy atom. The van der Waals surface area contributed by atoms with Gasteiger partial charge in [-0.05, 0) is 49.9 Å². The van der Waals surface area contributed by atoms with Crippen LogP contribution < -0.4 is 0 Å². The van der Waals surface area contributed by atoms with Crippen molar-refractivity contribution in [3.05, 3.63) is 69.7 Å². The number of hydrogen-bond acceptors (Lipinski definition) is 5. The molecule has 4 rings (SSSR count). The summed E-state index contributed by atoms with van der Waals surface area (Å²) in [6.07, 6.45) is 2.13. The number of fused-ring (bicyclic) bond motifs is 1. The lowest BCUT2D eigenvalue weighted by atomic mass is 9.85. The molecule has 0 unspecified atom stereocenters. The van der Waals surface area contributed by atoms with Crippen molar-refractivity contribution in [1.82, 2.24) is 4.90 Å². The zero-order chi connectivity index (χ0) is 21.3. The summed E-state index contributed by atoms with van der Waals surface area (Å²) in [6.45, 7) is -0.293. The van der Waals surface area contributed by atoms with Crippen LogP contribution in [-0.2, 0) is 9.53 Å². The normalized spacial score (nSPS) is 20.8. The molecule has 1 saturated carbocycles. The Hall–Kier alpha value is -2.80. The van der Waals surface area contributed by atoms with Crippen LogP contribution in [0.15, 0.2) is 53.0 Å². The first-order valence-corrected chi connectivity index (χ1v) is 10.7. The van der Waals surface area contributed by atoms with Crippen molar-refractivity contribution in [3.8, 4) is 0 Å². The van der Waals surface area contributed by atoms with Gasteiger partial charge in [0.15, 0.2) is 12.4 Å². The van der Waals surface area contributed by atoms with Crippen LogP contribution in [0.4, 0.5) is 0 Å². The highest BCUT2D eigenvalue weighted by molar-refractivity contribution is 9.10. The van der Waals surface area contributed by atoms with Gasteiger partial charge < -0.3 is 4.74 Å². The SMILES string of the molecule is O=C(COC(=O)C1CCC(N2C(=O)c3ccccc3C2=O)CC1)c1ccc(Br)cc1. The molecule has 154 valence electrons. The molecule has 2 aromatic rings. The first-order valence-electron chi connectivity index (χ1n) is 9.88. The minimum atomic E-state index is -0.402. The highest BCUT2D eigenvalue weighted by atomic mass is 79.9. The Bertz CT molecular complexity index is 974. The van der Waals surface area contributed by atoms with Gasteiger partial charge in [-0.2, -0.15) is 0 Å². The predicted molar refractivity (Wildman–Crippen MR) is 112 cm³/mol. The smallest absolute Gasteiger partial charge is 0.309 e. The number of ether oxygens (including phenoxy) is 1. The highest BCUT2D eigenvalue weighted by Crippen LogP contribution is 2.33. The van der Waals surface area contributed by atoms with Gasteiger partial charge in [-0.3, -0.25) is 24.1 Å². The first kappa shape index (κ1) is 20.5. The maximum atomic E-state index is 12.6. The molecule has 1 aliphatic heterocycles. The fourth-order valence-electron chi connectivity index (χ4n) is 4.08. The number of hydrogen-bond donors (Lipinski definition) is 0. The van der Waals surface area contributed by atoms with E-state index in [-0.39, 0.29) is 36.2 Å². The van der Waals surface area contributed by atoms with Gasteiger partial charge in [0.25, 0.3) is 11.8 Å². The second kappa shape index (κ2) is 8.52. The zero-order valence-electron chi connectivity index (χ0n) is 16.2. The minimum Gasteiger partial charge on any atom is -0.457 e. The van der Waals surface area contributed by atoms with E-state index in [0.717, 1.165) is 4.47 Å². The molecule has 7 heteroatoms. The zero-order valence-corrected chi connectivity index (χ0v) is 17.8. The van der Waals surface area contributed by atoms with E-state index >= 15 is 0 Å². The molecule has 0 radical (unpaired) electrons. The number of amides is 2. The first-order chi connectivity index (χ1) is 14.5. The van der Waals surface area contributed by atoms with Crippen LogP contribution in [0.3, 0.4) is 0 Å². The Morgan fingerprint density at radius 2 is 1.47 bits per heavy atom. The van der Waals surface area contributed by atoms with Gasteiger partial charge in [-0.15, -0.1) is 0 Å². The number of benzene rings is 2. The van der Waals surface area contributed by atoms with E-state index < -0.39 is 5.97 Å². The number of nitrogens with zero attached hydrogens (tertiary/aromatic N) is 1. The van der Waals surface area contributed by atoms with Gasteiger partial charge >= 0.3 is 5.97 Å². The molecule has 2 aliphatic rings. The van der Waals surface area contributed by atoms with Gasteiger partial charge in [0.05, 0.1) is 17.0 Å². The maximum absolute atomic E-state index is 12.6. The van der Waals surface area contributed by atoms with Crippen LogP contribution >= 0.6 is 15.9 Å². The molecule has 30 heavy (non-hydrogen) atoms. The molecule has 0 bridgehead atoms. The Labute approximate surface area is 182 Å². The average molecular weight is 470 g/mol. The van der Waals surface area contributed by atoms with Crippen molar-refractivity contribution in [1.29, 1.82) is 0 Å². The van der Waals surface area contributed by atoms with Gasteiger partial charge in [0, 0.05) is 16.1 Å². The van der Waals surface area contributed by atoms with Gasteiger partial charge in [-0.1, -0.05) is 40.2 Å². The summed E-state index contributed by atoms with van der Waals surface area (Å²) in [5.41, 5.74) is 1.37. The van der Waals surface area contributed by atoms with Crippen molar-refractivity contribution in [2.24, 2.45) is 5.92 Å². The summed E-state index contributed by atoms with van der Waals surface area (Å²) in [6, 6.07) is 13.5. The maximum Gasteiger partial charge on any atom is 0.309 e. The number of ketones is 1. The molecule has 0 saturated heterocycles. The molecular weight excluding hydrogens is 450 g/mol. The number of halogens is 1. The van der Waals surface area contributed by atoms with Crippen LogP contribution in [-0.4, -0.2) is 41.1 Å². The van der Waals surface area contributed by atoms with Crippen molar-refractivity contribution in [3.63, 3.8) is 0 Å². The molecule has 2 aromatic carbocycles. The Balaban J connectivity index is 1.30. The summed E-state index contributed by atoms with van der Waals surface area (Å²) in [5.74, 6) is -1.51. The molecule has 1 aliphatic carbocycles. The average Bonchev–Trinajstić information content (AvgIpc) is 3.03. The van der Waals surface area contributed by atoms with Crippen LogP contribution in [0.2, 0.25) is 0 Å². The van der Waals surface area contributed by atoms with Crippen molar-refractivity contribution < 1.29 is 23.9 Å². The quantitative estimate of drug-likeness (QED) is 0.375. The third-order valence-corrected chi connectivity index (χ3v) is 6.26. The molecule has 6 nitrogen and oxygen atoms in total. The highest BCUT2D eigenvalue weighted by Gasteiger charge is 2.41. The largest absolute Gasteiger partial charge is 0.457 e. The lowest BCUT2D eigenvalue weighted by Crippen LogP contribution is -2.42. The van der Waals surface area contributed by atoms with Gasteiger partial charge in [0.2, 0.25) is 0 Å². The summed E-state index contributed by atoms with van der Waals surface area (Å²) in [4.78, 5) is 51.2. The summed E-state index contributed by atoms with van der Waals surface area (Å²) in [5, 5.41) is 0. The van der Waals surface area contributed by atoms with E-state index in [9.17, 15) is 19.2 Å². The predicted octanol–water partition coefficient (Wildman–Crippen LogP) is 4.03. The van der Waals surface area contributed by atoms with Crippen molar-refractivity contribution >= 4 is 39.5 Å². The number of carbonyl (C=O) groups excluding carboxylic acids is 4. The number of imide groups is 1. The third-order valence-electron chi connectivity index (χ3n) is 5.73. The fourth-order valence-corrected chi connectivity index (χ4v) is 4.35. The molecule has 1 heterocycles. The Morgan fingerprint density at radius 1 is 0.900 bits per heavy atom.